The fourth-order valence-corrected chi connectivity index (χ4v) is 3.04. The summed E-state index contributed by atoms with van der Waals surface area (Å²) in [5.41, 5.74) is 2.85. The van der Waals surface area contributed by atoms with Gasteiger partial charge in [-0.25, -0.2) is 0 Å². The molecule has 1 aliphatic heterocycles. The smallest absolute Gasteiger partial charge is 0.150 e. The van der Waals surface area contributed by atoms with Gasteiger partial charge in [-0.3, -0.25) is 4.79 Å². The van der Waals surface area contributed by atoms with Crippen LogP contribution >= 0.6 is 0 Å². The van der Waals surface area contributed by atoms with Gasteiger partial charge in [-0.15, -0.1) is 0 Å². The Hall–Kier alpha value is -2.37. The molecule has 2 aromatic carbocycles. The van der Waals surface area contributed by atoms with Crippen LogP contribution in [-0.2, 0) is 16.1 Å². The van der Waals surface area contributed by atoms with Crippen LogP contribution < -0.4 is 9.64 Å². The second-order valence-corrected chi connectivity index (χ2v) is 6.54. The molecule has 1 saturated heterocycles. The van der Waals surface area contributed by atoms with Gasteiger partial charge in [0, 0.05) is 25.3 Å². The summed E-state index contributed by atoms with van der Waals surface area (Å²) in [4.78, 5) is 13.4. The first-order chi connectivity index (χ1) is 13.4. The van der Waals surface area contributed by atoms with Crippen LogP contribution in [0.2, 0.25) is 0 Å². The van der Waals surface area contributed by atoms with Crippen LogP contribution in [0.4, 0.5) is 5.69 Å². The summed E-state index contributed by atoms with van der Waals surface area (Å²) < 4.78 is 17.1. The van der Waals surface area contributed by atoms with Crippen LogP contribution in [0.15, 0.2) is 48.5 Å². The van der Waals surface area contributed by atoms with E-state index >= 15 is 0 Å². The van der Waals surface area contributed by atoms with Crippen LogP contribution in [0.3, 0.4) is 0 Å². The van der Waals surface area contributed by atoms with Gasteiger partial charge in [0.25, 0.3) is 0 Å². The van der Waals surface area contributed by atoms with E-state index in [9.17, 15) is 4.79 Å². The molecule has 0 aromatic heterocycles. The number of morpholine rings is 1. The first-order valence-corrected chi connectivity index (χ1v) is 9.53. The van der Waals surface area contributed by atoms with Crippen molar-refractivity contribution in [3.8, 4) is 5.75 Å². The van der Waals surface area contributed by atoms with E-state index in [0.29, 0.717) is 38.6 Å². The average molecular weight is 369 g/mol. The average Bonchev–Trinajstić information content (AvgIpc) is 2.74. The Labute approximate surface area is 160 Å². The van der Waals surface area contributed by atoms with Crippen molar-refractivity contribution in [1.29, 1.82) is 0 Å². The molecular weight excluding hydrogens is 342 g/mol. The highest BCUT2D eigenvalue weighted by molar-refractivity contribution is 5.78. The number of aldehydes is 1. The van der Waals surface area contributed by atoms with Crippen molar-refractivity contribution >= 4 is 12.0 Å². The topological polar surface area (TPSA) is 48.0 Å². The summed E-state index contributed by atoms with van der Waals surface area (Å²) in [6.07, 6.45) is 2.70. The highest BCUT2D eigenvalue weighted by atomic mass is 16.5. The van der Waals surface area contributed by atoms with Gasteiger partial charge >= 0.3 is 0 Å². The number of nitrogens with zero attached hydrogens (tertiary/aromatic N) is 1. The van der Waals surface area contributed by atoms with Gasteiger partial charge in [-0.05, 0) is 36.6 Å². The highest BCUT2D eigenvalue weighted by Gasteiger charge is 2.16. The van der Waals surface area contributed by atoms with E-state index in [1.807, 2.05) is 36.4 Å². The zero-order chi connectivity index (χ0) is 18.7. The third kappa shape index (κ3) is 6.08. The van der Waals surface area contributed by atoms with Gasteiger partial charge in [0.1, 0.15) is 12.0 Å². The Morgan fingerprint density at radius 1 is 1.00 bits per heavy atom. The van der Waals surface area contributed by atoms with E-state index in [-0.39, 0.29) is 0 Å². The number of carbonyl (C=O) groups is 1. The van der Waals surface area contributed by atoms with Gasteiger partial charge in [0.15, 0.2) is 0 Å². The maximum absolute atomic E-state index is 11.1. The molecule has 1 fully saturated rings. The lowest BCUT2D eigenvalue weighted by Crippen LogP contribution is -2.36. The van der Waals surface area contributed by atoms with Gasteiger partial charge in [-0.2, -0.15) is 0 Å². The minimum atomic E-state index is 0.606. The third-order valence-electron chi connectivity index (χ3n) is 4.52. The molecule has 0 saturated carbocycles. The molecule has 5 nitrogen and oxygen atoms in total. The molecule has 0 atom stereocenters. The minimum Gasteiger partial charge on any atom is -0.491 e. The second kappa shape index (κ2) is 10.7. The predicted octanol–water partition coefficient (Wildman–Crippen LogP) is 3.71. The number of hydrogen-bond acceptors (Lipinski definition) is 5. The zero-order valence-electron chi connectivity index (χ0n) is 15.6. The number of ether oxygens (including phenoxy) is 3. The lowest BCUT2D eigenvalue weighted by atomic mass is 10.2. The molecule has 0 aliphatic carbocycles. The van der Waals surface area contributed by atoms with Crippen LogP contribution in [0.5, 0.6) is 5.75 Å². The molecule has 3 rings (SSSR count). The standard InChI is InChI=1S/C22H27NO4/c24-17-20-8-9-21(23-10-14-25-15-11-23)22(16-20)27-13-5-4-12-26-18-19-6-2-1-3-7-19/h1-3,6-9,16-17H,4-5,10-15,18H2. The van der Waals surface area contributed by atoms with E-state index in [4.69, 9.17) is 14.2 Å². The Balaban J connectivity index is 1.43. The van der Waals surface area contributed by atoms with Crippen LogP contribution in [0.25, 0.3) is 0 Å². The Morgan fingerprint density at radius 3 is 2.56 bits per heavy atom. The molecular formula is C22H27NO4. The van der Waals surface area contributed by atoms with Gasteiger partial charge in [0.05, 0.1) is 32.1 Å². The van der Waals surface area contributed by atoms with Gasteiger partial charge in [0.2, 0.25) is 0 Å². The summed E-state index contributed by atoms with van der Waals surface area (Å²) in [5.74, 6) is 0.770. The lowest BCUT2D eigenvalue weighted by molar-refractivity contribution is 0.112. The molecule has 27 heavy (non-hydrogen) atoms. The largest absolute Gasteiger partial charge is 0.491 e. The summed E-state index contributed by atoms with van der Waals surface area (Å²) >= 11 is 0. The number of benzene rings is 2. The van der Waals surface area contributed by atoms with Crippen molar-refractivity contribution in [3.63, 3.8) is 0 Å². The maximum atomic E-state index is 11.1. The first kappa shape index (κ1) is 19.4. The van der Waals surface area contributed by atoms with E-state index < -0.39 is 0 Å². The molecule has 1 aliphatic rings. The fourth-order valence-electron chi connectivity index (χ4n) is 3.04. The normalized spacial score (nSPS) is 14.1. The van der Waals surface area contributed by atoms with Crippen molar-refractivity contribution in [2.75, 3.05) is 44.4 Å². The molecule has 0 bridgehead atoms. The Morgan fingerprint density at radius 2 is 1.78 bits per heavy atom. The van der Waals surface area contributed by atoms with Crippen LogP contribution in [0, 0.1) is 0 Å². The monoisotopic (exact) mass is 369 g/mol. The second-order valence-electron chi connectivity index (χ2n) is 6.54. The Kier molecular flexibility index (Phi) is 7.69. The summed E-state index contributed by atoms with van der Waals surface area (Å²) in [6, 6.07) is 15.8. The number of rotatable bonds is 10. The fraction of sp³-hybridized carbons (Fsp3) is 0.409. The van der Waals surface area contributed by atoms with E-state index in [0.717, 1.165) is 43.7 Å². The first-order valence-electron chi connectivity index (χ1n) is 9.53. The van der Waals surface area contributed by atoms with Crippen molar-refractivity contribution in [3.05, 3.63) is 59.7 Å². The van der Waals surface area contributed by atoms with E-state index in [2.05, 4.69) is 17.0 Å². The van der Waals surface area contributed by atoms with Gasteiger partial charge in [-0.1, -0.05) is 30.3 Å². The Bertz CT molecular complexity index is 699. The lowest BCUT2D eigenvalue weighted by Gasteiger charge is -2.30. The minimum absolute atomic E-state index is 0.606. The number of carbonyl (C=O) groups excluding carboxylic acids is 1. The molecule has 0 amide bonds. The van der Waals surface area contributed by atoms with Gasteiger partial charge < -0.3 is 19.1 Å². The molecule has 0 N–H and O–H groups in total. The molecule has 0 unspecified atom stereocenters. The zero-order valence-corrected chi connectivity index (χ0v) is 15.6. The van der Waals surface area contributed by atoms with Crippen molar-refractivity contribution in [2.45, 2.75) is 19.4 Å². The molecule has 2 aromatic rings. The maximum Gasteiger partial charge on any atom is 0.150 e. The van der Waals surface area contributed by atoms with Crippen LogP contribution in [-0.4, -0.2) is 45.8 Å². The summed E-state index contributed by atoms with van der Waals surface area (Å²) in [5, 5.41) is 0. The van der Waals surface area contributed by atoms with Crippen LogP contribution in [0.1, 0.15) is 28.8 Å². The molecule has 0 spiro atoms. The molecule has 5 heteroatoms. The molecule has 0 radical (unpaired) electrons. The summed E-state index contributed by atoms with van der Waals surface area (Å²) in [7, 11) is 0. The molecule has 1 heterocycles. The number of anilines is 1. The predicted molar refractivity (Wildman–Crippen MR) is 106 cm³/mol. The van der Waals surface area contributed by atoms with Crippen molar-refractivity contribution in [1.82, 2.24) is 0 Å². The quantitative estimate of drug-likeness (QED) is 0.472. The third-order valence-corrected chi connectivity index (χ3v) is 4.52. The molecule has 144 valence electrons. The van der Waals surface area contributed by atoms with E-state index in [1.54, 1.807) is 0 Å². The number of unbranched alkanes of at least 4 members (excludes halogenated alkanes) is 1. The number of hydrogen-bond donors (Lipinski definition) is 0. The van der Waals surface area contributed by atoms with Crippen molar-refractivity contribution < 1.29 is 19.0 Å². The SMILES string of the molecule is O=Cc1ccc(N2CCOCC2)c(OCCCCOCc2ccccc2)c1. The summed E-state index contributed by atoms with van der Waals surface area (Å²) in [6.45, 7) is 5.07. The van der Waals surface area contributed by atoms with E-state index in [1.165, 1.54) is 5.56 Å². The van der Waals surface area contributed by atoms with Crippen molar-refractivity contribution in [2.24, 2.45) is 0 Å². The highest BCUT2D eigenvalue weighted by Crippen LogP contribution is 2.30.